The van der Waals surface area contributed by atoms with Crippen molar-refractivity contribution in [3.05, 3.63) is 24.0 Å². The highest BCUT2D eigenvalue weighted by atomic mass is 19.1. The minimum Gasteiger partial charge on any atom is -0.374 e. The topological polar surface area (TPSA) is 67.9 Å². The molecule has 0 saturated carbocycles. The summed E-state index contributed by atoms with van der Waals surface area (Å²) in [6.07, 6.45) is 3.29. The van der Waals surface area contributed by atoms with Crippen molar-refractivity contribution in [2.75, 3.05) is 62.6 Å². The highest BCUT2D eigenvalue weighted by Gasteiger charge is 2.27. The zero-order valence-corrected chi connectivity index (χ0v) is 18.4. The Balaban J connectivity index is 1.27. The fourth-order valence-corrected chi connectivity index (χ4v) is 4.91. The number of nitrogens with zero attached hydrogens (tertiary/aromatic N) is 3. The largest absolute Gasteiger partial charge is 0.374 e. The number of piperazine rings is 1. The molecule has 1 unspecified atom stereocenters. The molecule has 0 bridgehead atoms. The molecule has 2 amide bonds. The van der Waals surface area contributed by atoms with Crippen LogP contribution in [-0.2, 0) is 9.59 Å². The second-order valence-corrected chi connectivity index (χ2v) is 8.98. The molecule has 0 aromatic heterocycles. The third kappa shape index (κ3) is 5.54. The number of halogens is 1. The van der Waals surface area contributed by atoms with Crippen molar-refractivity contribution in [1.82, 2.24) is 15.1 Å². The van der Waals surface area contributed by atoms with Crippen molar-refractivity contribution < 1.29 is 14.0 Å². The number of amides is 2. The fourth-order valence-electron chi connectivity index (χ4n) is 4.91. The van der Waals surface area contributed by atoms with Crippen LogP contribution >= 0.6 is 0 Å². The number of hydrogen-bond donors (Lipinski definition) is 2. The zero-order valence-electron chi connectivity index (χ0n) is 18.4. The van der Waals surface area contributed by atoms with Gasteiger partial charge in [0, 0.05) is 44.8 Å². The Labute approximate surface area is 183 Å². The van der Waals surface area contributed by atoms with E-state index in [4.69, 9.17) is 0 Å². The average molecular weight is 432 g/mol. The molecule has 0 aliphatic carbocycles. The fraction of sp³-hybridized carbons (Fsp3) is 0.652. The van der Waals surface area contributed by atoms with Gasteiger partial charge in [-0.25, -0.2) is 4.39 Å². The third-order valence-electron chi connectivity index (χ3n) is 6.91. The summed E-state index contributed by atoms with van der Waals surface area (Å²) in [4.78, 5) is 30.3. The second kappa shape index (κ2) is 9.96. The lowest BCUT2D eigenvalue weighted by Gasteiger charge is -2.39. The van der Waals surface area contributed by atoms with Crippen molar-refractivity contribution in [2.24, 2.45) is 5.92 Å². The van der Waals surface area contributed by atoms with Crippen LogP contribution < -0.4 is 15.5 Å². The van der Waals surface area contributed by atoms with Gasteiger partial charge in [0.1, 0.15) is 11.9 Å². The number of benzene rings is 1. The Hall–Kier alpha value is -2.19. The maximum absolute atomic E-state index is 14.8. The number of imide groups is 1. The van der Waals surface area contributed by atoms with Gasteiger partial charge in [-0.3, -0.25) is 19.8 Å². The zero-order chi connectivity index (χ0) is 21.8. The lowest BCUT2D eigenvalue weighted by Crippen LogP contribution is -2.49. The predicted octanol–water partition coefficient (Wildman–Crippen LogP) is 1.90. The molecule has 3 aliphatic heterocycles. The van der Waals surface area contributed by atoms with Gasteiger partial charge in [0.25, 0.3) is 0 Å². The van der Waals surface area contributed by atoms with Crippen LogP contribution in [0.1, 0.15) is 32.6 Å². The molecule has 1 atom stereocenters. The highest BCUT2D eigenvalue weighted by molar-refractivity contribution is 6.01. The lowest BCUT2D eigenvalue weighted by molar-refractivity contribution is -0.133. The smallest absolute Gasteiger partial charge is 0.249 e. The first-order chi connectivity index (χ1) is 15.0. The first-order valence-electron chi connectivity index (χ1n) is 11.6. The van der Waals surface area contributed by atoms with E-state index in [-0.39, 0.29) is 17.6 Å². The van der Waals surface area contributed by atoms with E-state index in [0.29, 0.717) is 24.2 Å². The molecule has 4 rings (SSSR count). The molecule has 2 N–H and O–H groups in total. The van der Waals surface area contributed by atoms with E-state index in [0.717, 1.165) is 45.2 Å². The third-order valence-corrected chi connectivity index (χ3v) is 6.91. The quantitative estimate of drug-likeness (QED) is 0.671. The van der Waals surface area contributed by atoms with Crippen LogP contribution in [0.3, 0.4) is 0 Å². The Morgan fingerprint density at radius 3 is 2.42 bits per heavy atom. The summed E-state index contributed by atoms with van der Waals surface area (Å²) in [6.45, 7) is 10.5. The number of hydrogen-bond acceptors (Lipinski definition) is 6. The van der Waals surface area contributed by atoms with Gasteiger partial charge in [-0.1, -0.05) is 6.92 Å². The van der Waals surface area contributed by atoms with Crippen LogP contribution in [0.25, 0.3) is 0 Å². The van der Waals surface area contributed by atoms with E-state index in [1.807, 2.05) is 6.07 Å². The van der Waals surface area contributed by atoms with Crippen LogP contribution in [0, 0.1) is 11.7 Å². The Morgan fingerprint density at radius 2 is 1.77 bits per heavy atom. The average Bonchev–Trinajstić information content (AvgIpc) is 2.77. The molecule has 170 valence electrons. The van der Waals surface area contributed by atoms with Crippen molar-refractivity contribution in [3.63, 3.8) is 0 Å². The molecule has 0 radical (unpaired) electrons. The number of rotatable bonds is 6. The van der Waals surface area contributed by atoms with Gasteiger partial charge < -0.3 is 15.1 Å². The Kier molecular flexibility index (Phi) is 7.07. The standard InChI is InChI=1S/C23H34FN5O2/c1-2-27-9-7-17(8-10-27)16-28-11-13-29(14-12-28)21-5-3-18(15-19(21)24)25-20-4-6-22(30)26-23(20)31/h3,5,15,17,20,25H,2,4,6-14,16H2,1H3,(H,26,30,31). The number of carbonyl (C=O) groups excluding carboxylic acids is 2. The summed E-state index contributed by atoms with van der Waals surface area (Å²) in [7, 11) is 0. The number of anilines is 2. The van der Waals surface area contributed by atoms with Crippen LogP contribution in [0.4, 0.5) is 15.8 Å². The first-order valence-corrected chi connectivity index (χ1v) is 11.6. The van der Waals surface area contributed by atoms with Gasteiger partial charge in [-0.2, -0.15) is 0 Å². The first kappa shape index (κ1) is 22.0. The number of carbonyl (C=O) groups is 2. The molecule has 31 heavy (non-hydrogen) atoms. The Morgan fingerprint density at radius 1 is 1.03 bits per heavy atom. The van der Waals surface area contributed by atoms with Gasteiger partial charge in [0.15, 0.2) is 0 Å². The minimum absolute atomic E-state index is 0.255. The van der Waals surface area contributed by atoms with Gasteiger partial charge in [0.2, 0.25) is 11.8 Å². The molecular weight excluding hydrogens is 397 g/mol. The summed E-state index contributed by atoms with van der Waals surface area (Å²) >= 11 is 0. The summed E-state index contributed by atoms with van der Waals surface area (Å²) in [5.74, 6) is -0.103. The van der Waals surface area contributed by atoms with Crippen molar-refractivity contribution in [1.29, 1.82) is 0 Å². The highest BCUT2D eigenvalue weighted by Crippen LogP contribution is 2.26. The molecule has 8 heteroatoms. The molecule has 7 nitrogen and oxygen atoms in total. The van der Waals surface area contributed by atoms with Gasteiger partial charge in [-0.15, -0.1) is 0 Å². The van der Waals surface area contributed by atoms with E-state index in [2.05, 4.69) is 32.3 Å². The van der Waals surface area contributed by atoms with E-state index >= 15 is 0 Å². The van der Waals surface area contributed by atoms with Crippen LogP contribution in [-0.4, -0.2) is 80.0 Å². The second-order valence-electron chi connectivity index (χ2n) is 8.98. The van der Waals surface area contributed by atoms with Gasteiger partial charge in [0.05, 0.1) is 5.69 Å². The molecule has 3 saturated heterocycles. The molecule has 3 fully saturated rings. The summed E-state index contributed by atoms with van der Waals surface area (Å²) in [5.41, 5.74) is 1.18. The van der Waals surface area contributed by atoms with E-state index < -0.39 is 6.04 Å². The number of likely N-dealkylation sites (tertiary alicyclic amines) is 1. The van der Waals surface area contributed by atoms with Gasteiger partial charge in [-0.05, 0) is 63.0 Å². The molecule has 1 aromatic carbocycles. The van der Waals surface area contributed by atoms with Crippen LogP contribution in [0.2, 0.25) is 0 Å². The van der Waals surface area contributed by atoms with E-state index in [9.17, 15) is 14.0 Å². The van der Waals surface area contributed by atoms with Crippen LogP contribution in [0.5, 0.6) is 0 Å². The summed E-state index contributed by atoms with van der Waals surface area (Å²) in [5, 5.41) is 5.36. The monoisotopic (exact) mass is 431 g/mol. The van der Waals surface area contributed by atoms with Crippen molar-refractivity contribution in [2.45, 2.75) is 38.6 Å². The number of nitrogens with one attached hydrogen (secondary N) is 2. The summed E-state index contributed by atoms with van der Waals surface area (Å²) < 4.78 is 14.8. The maximum Gasteiger partial charge on any atom is 0.249 e. The molecule has 0 spiro atoms. The van der Waals surface area contributed by atoms with E-state index in [1.54, 1.807) is 6.07 Å². The minimum atomic E-state index is -0.504. The van der Waals surface area contributed by atoms with Crippen molar-refractivity contribution in [3.8, 4) is 0 Å². The molecular formula is C23H34FN5O2. The predicted molar refractivity (Wildman–Crippen MR) is 120 cm³/mol. The Bertz CT molecular complexity index is 788. The molecule has 3 heterocycles. The van der Waals surface area contributed by atoms with Crippen LogP contribution in [0.15, 0.2) is 18.2 Å². The normalized spacial score (nSPS) is 24.3. The lowest BCUT2D eigenvalue weighted by atomic mass is 9.96. The summed E-state index contributed by atoms with van der Waals surface area (Å²) in [6, 6.07) is 4.55. The molecule has 1 aromatic rings. The SMILES string of the molecule is CCN1CCC(CN2CCN(c3ccc(NC4CCC(=O)NC4=O)cc3F)CC2)CC1. The van der Waals surface area contributed by atoms with E-state index in [1.165, 1.54) is 32.0 Å². The maximum atomic E-state index is 14.8. The van der Waals surface area contributed by atoms with Crippen molar-refractivity contribution >= 4 is 23.2 Å². The van der Waals surface area contributed by atoms with Gasteiger partial charge >= 0.3 is 0 Å². The number of piperidine rings is 2. The molecule has 3 aliphatic rings.